The Kier molecular flexibility index (Phi) is 3.31. The van der Waals surface area contributed by atoms with Gasteiger partial charge in [0.25, 0.3) is 0 Å². The molecule has 3 heterocycles. The predicted octanol–water partition coefficient (Wildman–Crippen LogP) is 3.49. The van der Waals surface area contributed by atoms with E-state index in [0.717, 1.165) is 11.8 Å². The fourth-order valence-electron chi connectivity index (χ4n) is 3.03. The Balaban J connectivity index is 1.78. The zero-order valence-corrected chi connectivity index (χ0v) is 13.8. The molecule has 1 unspecified atom stereocenters. The fourth-order valence-corrected chi connectivity index (χ4v) is 3.03. The lowest BCUT2D eigenvalue weighted by molar-refractivity contribution is 0.273. The predicted molar refractivity (Wildman–Crippen MR) is 87.9 cm³/mol. The Morgan fingerprint density at radius 1 is 1.12 bits per heavy atom. The molecule has 6 heteroatoms. The van der Waals surface area contributed by atoms with E-state index in [9.17, 15) is 4.79 Å². The van der Waals surface area contributed by atoms with Crippen molar-refractivity contribution in [3.05, 3.63) is 34.9 Å². The van der Waals surface area contributed by atoms with Crippen molar-refractivity contribution in [1.29, 1.82) is 0 Å². The summed E-state index contributed by atoms with van der Waals surface area (Å²) in [6.45, 7) is 4.53. The van der Waals surface area contributed by atoms with Crippen LogP contribution in [0.4, 0.5) is 0 Å². The summed E-state index contributed by atoms with van der Waals surface area (Å²) < 4.78 is 27.9. The number of hydrogen-bond acceptors (Lipinski definition) is 6. The smallest absolute Gasteiger partial charge is 0.336 e. The number of furan rings is 1. The Labute approximate surface area is 137 Å². The molecule has 1 atom stereocenters. The molecule has 6 nitrogen and oxygen atoms in total. The number of hydrogen-bond donors (Lipinski definition) is 0. The molecule has 0 amide bonds. The number of methoxy groups -OCH3 is 1. The van der Waals surface area contributed by atoms with Crippen molar-refractivity contribution in [1.82, 2.24) is 0 Å². The number of rotatable bonds is 5. The average Bonchev–Trinajstić information content (AvgIpc) is 2.95. The Hall–Kier alpha value is -2.47. The molecular formula is C18H18O6. The van der Waals surface area contributed by atoms with Gasteiger partial charge in [0.2, 0.25) is 5.75 Å². The van der Waals surface area contributed by atoms with Gasteiger partial charge in [0, 0.05) is 12.5 Å². The highest BCUT2D eigenvalue weighted by molar-refractivity contribution is 6.06. The van der Waals surface area contributed by atoms with Crippen molar-refractivity contribution in [2.45, 2.75) is 32.0 Å². The van der Waals surface area contributed by atoms with Crippen molar-refractivity contribution in [2.75, 3.05) is 13.7 Å². The molecule has 2 aromatic heterocycles. The summed E-state index contributed by atoms with van der Waals surface area (Å²) in [6, 6.07) is 4.84. The van der Waals surface area contributed by atoms with E-state index in [-0.39, 0.29) is 11.7 Å². The minimum Gasteiger partial charge on any atom is -0.495 e. The molecule has 1 aliphatic heterocycles. The summed E-state index contributed by atoms with van der Waals surface area (Å²) in [5.41, 5.74) is 0.298. The van der Waals surface area contributed by atoms with Gasteiger partial charge in [-0.2, -0.15) is 0 Å². The van der Waals surface area contributed by atoms with E-state index in [1.807, 2.05) is 13.8 Å². The van der Waals surface area contributed by atoms with Gasteiger partial charge < -0.3 is 23.0 Å². The maximum atomic E-state index is 11.7. The van der Waals surface area contributed by atoms with E-state index < -0.39 is 5.63 Å². The first-order valence-electron chi connectivity index (χ1n) is 7.83. The molecule has 0 aliphatic carbocycles. The normalized spacial score (nSPS) is 18.9. The van der Waals surface area contributed by atoms with Crippen LogP contribution >= 0.6 is 0 Å². The standard InChI is InChI=1S/C18H18O6/c1-18(2)12(24-18)7-9-22-17-15-11(6-8-21-15)14(20-3)10-4-5-13(19)23-16(10)17/h4-6,8,12H,7,9H2,1-3H3. The van der Waals surface area contributed by atoms with Crippen molar-refractivity contribution in [2.24, 2.45) is 0 Å². The van der Waals surface area contributed by atoms with Gasteiger partial charge in [-0.15, -0.1) is 0 Å². The van der Waals surface area contributed by atoms with Crippen LogP contribution in [-0.2, 0) is 4.74 Å². The molecule has 0 spiro atoms. The van der Waals surface area contributed by atoms with Gasteiger partial charge >= 0.3 is 5.63 Å². The first kappa shape index (κ1) is 15.1. The molecule has 1 fully saturated rings. The van der Waals surface area contributed by atoms with Gasteiger partial charge in [0.15, 0.2) is 11.2 Å². The van der Waals surface area contributed by atoms with Crippen molar-refractivity contribution in [3.8, 4) is 11.5 Å². The minimum atomic E-state index is -0.452. The highest BCUT2D eigenvalue weighted by Crippen LogP contribution is 2.43. The molecule has 4 rings (SSSR count). The lowest BCUT2D eigenvalue weighted by Gasteiger charge is -2.12. The molecule has 1 saturated heterocycles. The van der Waals surface area contributed by atoms with E-state index in [1.54, 1.807) is 25.5 Å². The zero-order chi connectivity index (χ0) is 16.9. The lowest BCUT2D eigenvalue weighted by atomic mass is 10.1. The second kappa shape index (κ2) is 5.27. The summed E-state index contributed by atoms with van der Waals surface area (Å²) in [6.07, 6.45) is 2.49. The molecule has 1 aliphatic rings. The van der Waals surface area contributed by atoms with Crippen LogP contribution in [0.3, 0.4) is 0 Å². The molecule has 0 N–H and O–H groups in total. The van der Waals surface area contributed by atoms with Gasteiger partial charge in [0.1, 0.15) is 5.75 Å². The van der Waals surface area contributed by atoms with Crippen LogP contribution in [0.15, 0.2) is 38.1 Å². The van der Waals surface area contributed by atoms with Gasteiger partial charge in [0.05, 0.1) is 42.5 Å². The van der Waals surface area contributed by atoms with Gasteiger partial charge in [-0.1, -0.05) is 0 Å². The van der Waals surface area contributed by atoms with Crippen LogP contribution in [0.25, 0.3) is 21.9 Å². The quantitative estimate of drug-likeness (QED) is 0.526. The van der Waals surface area contributed by atoms with E-state index in [0.29, 0.717) is 34.7 Å². The largest absolute Gasteiger partial charge is 0.495 e. The van der Waals surface area contributed by atoms with Gasteiger partial charge in [-0.3, -0.25) is 0 Å². The summed E-state index contributed by atoms with van der Waals surface area (Å²) in [5.74, 6) is 1.01. The first-order chi connectivity index (χ1) is 11.5. The Morgan fingerprint density at radius 3 is 2.58 bits per heavy atom. The van der Waals surface area contributed by atoms with E-state index in [4.69, 9.17) is 23.0 Å². The number of epoxide rings is 1. The molecule has 126 valence electrons. The summed E-state index contributed by atoms with van der Waals surface area (Å²) in [4.78, 5) is 11.7. The molecule has 1 aromatic carbocycles. The number of benzene rings is 1. The molecule has 0 saturated carbocycles. The summed E-state index contributed by atoms with van der Waals surface area (Å²) in [5, 5.41) is 1.45. The van der Waals surface area contributed by atoms with Crippen molar-refractivity contribution >= 4 is 21.9 Å². The summed E-state index contributed by atoms with van der Waals surface area (Å²) >= 11 is 0. The maximum absolute atomic E-state index is 11.7. The maximum Gasteiger partial charge on any atom is 0.336 e. The number of fused-ring (bicyclic) bond motifs is 2. The molecular weight excluding hydrogens is 312 g/mol. The minimum absolute atomic E-state index is 0.0854. The average molecular weight is 330 g/mol. The number of ether oxygens (including phenoxy) is 3. The van der Waals surface area contributed by atoms with Crippen molar-refractivity contribution in [3.63, 3.8) is 0 Å². The molecule has 24 heavy (non-hydrogen) atoms. The van der Waals surface area contributed by atoms with Crippen LogP contribution < -0.4 is 15.1 Å². The van der Waals surface area contributed by atoms with E-state index in [1.165, 1.54) is 6.07 Å². The Bertz CT molecular complexity index is 965. The second-order valence-electron chi connectivity index (χ2n) is 6.37. The highest BCUT2D eigenvalue weighted by atomic mass is 16.6. The van der Waals surface area contributed by atoms with Gasteiger partial charge in [-0.25, -0.2) is 4.79 Å². The SMILES string of the molecule is COc1c2ccoc2c(OCCC2OC2(C)C)c2oc(=O)ccc12. The first-order valence-corrected chi connectivity index (χ1v) is 7.83. The molecule has 0 radical (unpaired) electrons. The second-order valence-corrected chi connectivity index (χ2v) is 6.37. The van der Waals surface area contributed by atoms with Crippen LogP contribution in [0.5, 0.6) is 11.5 Å². The third kappa shape index (κ3) is 2.34. The van der Waals surface area contributed by atoms with Crippen LogP contribution in [-0.4, -0.2) is 25.4 Å². The highest BCUT2D eigenvalue weighted by Gasteiger charge is 2.47. The van der Waals surface area contributed by atoms with E-state index in [2.05, 4.69) is 0 Å². The Morgan fingerprint density at radius 2 is 1.88 bits per heavy atom. The van der Waals surface area contributed by atoms with Gasteiger partial charge in [-0.05, 0) is 26.0 Å². The fraction of sp³-hybridized carbons (Fsp3) is 0.389. The topological polar surface area (TPSA) is 74.3 Å². The van der Waals surface area contributed by atoms with Crippen molar-refractivity contribution < 1.29 is 23.0 Å². The third-order valence-electron chi connectivity index (χ3n) is 4.40. The zero-order valence-electron chi connectivity index (χ0n) is 13.8. The van der Waals surface area contributed by atoms with Crippen LogP contribution in [0.2, 0.25) is 0 Å². The monoisotopic (exact) mass is 330 g/mol. The lowest BCUT2D eigenvalue weighted by Crippen LogP contribution is -2.08. The third-order valence-corrected chi connectivity index (χ3v) is 4.40. The van der Waals surface area contributed by atoms with E-state index >= 15 is 0 Å². The molecule has 0 bridgehead atoms. The van der Waals surface area contributed by atoms with Crippen LogP contribution in [0, 0.1) is 0 Å². The summed E-state index contributed by atoms with van der Waals surface area (Å²) in [7, 11) is 1.57. The molecule has 3 aromatic rings. The van der Waals surface area contributed by atoms with Crippen LogP contribution in [0.1, 0.15) is 20.3 Å².